The minimum atomic E-state index is -3.33. The fourth-order valence-corrected chi connectivity index (χ4v) is 0.923. The van der Waals surface area contributed by atoms with Crippen LogP contribution in [-0.4, -0.2) is 36.2 Å². The largest absolute Gasteiger partial charge is 1.00 e. The number of hydrogen-bond donors (Lipinski definition) is 0. The molecule has 0 bridgehead atoms. The Balaban J connectivity index is 0. The first-order valence-corrected chi connectivity index (χ1v) is 4.43. The molecule has 0 radical (unpaired) electrons. The van der Waals surface area contributed by atoms with E-state index in [2.05, 4.69) is 0 Å². The van der Waals surface area contributed by atoms with Crippen molar-refractivity contribution in [2.24, 2.45) is 0 Å². The van der Waals surface area contributed by atoms with Gasteiger partial charge in [-0.15, -0.1) is 0 Å². The first-order valence-electron chi connectivity index (χ1n) is 4.43. The van der Waals surface area contributed by atoms with E-state index in [1.54, 1.807) is 13.8 Å². The van der Waals surface area contributed by atoms with Gasteiger partial charge in [0.2, 0.25) is 5.78 Å². The molecule has 0 unspecified atom stereocenters. The van der Waals surface area contributed by atoms with Crippen LogP contribution in [0.25, 0.3) is 0 Å². The molecule has 0 heterocycles. The number of carbonyl (C=O) groups excluding carboxylic acids is 2. The number of ketones is 1. The van der Waals surface area contributed by atoms with Crippen molar-refractivity contribution in [2.75, 3.05) is 13.1 Å². The first-order chi connectivity index (χ1) is 6.93. The number of Topliss-reactive ketones (excluding diaryl/α,β-unsaturated/α-hetero) is 1. The Morgan fingerprint density at radius 3 is 2.00 bits per heavy atom. The average molecular weight is 259 g/mol. The van der Waals surface area contributed by atoms with Gasteiger partial charge in [0.05, 0.1) is 11.5 Å². The predicted octanol–water partition coefficient (Wildman–Crippen LogP) is -3.20. The number of carboxylic acid groups (broad SMARTS) is 1. The Kier molecular flexibility index (Phi) is 10.7. The van der Waals surface area contributed by atoms with Gasteiger partial charge < -0.3 is 14.8 Å². The van der Waals surface area contributed by atoms with E-state index in [1.165, 1.54) is 4.90 Å². The van der Waals surface area contributed by atoms with E-state index in [-0.39, 0.29) is 51.4 Å². The molecule has 0 rings (SSSR count). The molecule has 0 aromatic carbocycles. The molecule has 0 spiro atoms. The summed E-state index contributed by atoms with van der Waals surface area (Å²) in [5.74, 6) is -3.60. The summed E-state index contributed by atoms with van der Waals surface area (Å²) in [6.45, 7) is 4.26. The number of nitrogens with zero attached hydrogens (tertiary/aromatic N) is 1. The average Bonchev–Trinajstić information content (AvgIpc) is 2.18. The molecule has 0 atom stereocenters. The number of hydrogen-bond acceptors (Lipinski definition) is 4. The van der Waals surface area contributed by atoms with Crippen LogP contribution < -0.4 is 56.5 Å². The third-order valence-electron chi connectivity index (χ3n) is 1.81. The molecule has 0 saturated heterocycles. The van der Waals surface area contributed by atoms with Gasteiger partial charge in [-0.1, -0.05) is 0 Å². The SMILES string of the molecule is CCN(C=C(C(=O)[O-])C(=O)C(F)F)CC.[K+]. The Hall–Kier alpha value is 0.176. The van der Waals surface area contributed by atoms with Crippen LogP contribution in [0, 0.1) is 0 Å². The van der Waals surface area contributed by atoms with Gasteiger partial charge in [-0.2, -0.15) is 0 Å². The van der Waals surface area contributed by atoms with E-state index in [9.17, 15) is 23.5 Å². The van der Waals surface area contributed by atoms with Crippen molar-refractivity contribution in [2.45, 2.75) is 20.3 Å². The third kappa shape index (κ3) is 6.05. The molecule has 86 valence electrons. The zero-order valence-electron chi connectivity index (χ0n) is 9.50. The van der Waals surface area contributed by atoms with E-state index in [0.717, 1.165) is 6.20 Å². The maximum absolute atomic E-state index is 12.0. The second-order valence-corrected chi connectivity index (χ2v) is 2.72. The van der Waals surface area contributed by atoms with Gasteiger partial charge in [0.1, 0.15) is 0 Å². The van der Waals surface area contributed by atoms with Crippen LogP contribution in [0.3, 0.4) is 0 Å². The summed E-state index contributed by atoms with van der Waals surface area (Å²) in [7, 11) is 0. The van der Waals surface area contributed by atoms with Crippen LogP contribution in [-0.2, 0) is 9.59 Å². The van der Waals surface area contributed by atoms with E-state index < -0.39 is 23.8 Å². The fraction of sp³-hybridized carbons (Fsp3) is 0.556. The summed E-state index contributed by atoms with van der Waals surface area (Å²) in [6, 6.07) is 0. The molecule has 16 heavy (non-hydrogen) atoms. The summed E-state index contributed by atoms with van der Waals surface area (Å²) in [5, 5.41) is 10.5. The molecule has 0 aliphatic heterocycles. The summed E-state index contributed by atoms with van der Waals surface area (Å²) in [6.07, 6.45) is -2.44. The van der Waals surface area contributed by atoms with Gasteiger partial charge >= 0.3 is 57.8 Å². The third-order valence-corrected chi connectivity index (χ3v) is 1.81. The van der Waals surface area contributed by atoms with E-state index in [1.807, 2.05) is 0 Å². The van der Waals surface area contributed by atoms with Crippen LogP contribution in [0.4, 0.5) is 8.78 Å². The van der Waals surface area contributed by atoms with E-state index in [4.69, 9.17) is 0 Å². The molecule has 0 amide bonds. The molecular weight excluding hydrogens is 247 g/mol. The molecule has 0 aliphatic rings. The maximum Gasteiger partial charge on any atom is 1.00 e. The maximum atomic E-state index is 12.0. The number of halogens is 2. The standard InChI is InChI=1S/C9H13F2NO3.K/c1-3-12(4-2)5-6(9(14)15)7(13)8(10)11;/h5,8H,3-4H2,1-2H3,(H,14,15);/q;+1/p-1. The molecule has 0 aromatic heterocycles. The zero-order chi connectivity index (χ0) is 12.0. The molecule has 4 nitrogen and oxygen atoms in total. The summed E-state index contributed by atoms with van der Waals surface area (Å²) < 4.78 is 24.0. The van der Waals surface area contributed by atoms with Crippen molar-refractivity contribution in [3.63, 3.8) is 0 Å². The Morgan fingerprint density at radius 2 is 1.75 bits per heavy atom. The van der Waals surface area contributed by atoms with E-state index in [0.29, 0.717) is 13.1 Å². The van der Waals surface area contributed by atoms with Crippen molar-refractivity contribution in [3.8, 4) is 0 Å². The minimum absolute atomic E-state index is 0. The topological polar surface area (TPSA) is 60.4 Å². The Labute approximate surface area is 135 Å². The second kappa shape index (κ2) is 9.23. The van der Waals surface area contributed by atoms with Gasteiger partial charge in [-0.25, -0.2) is 8.78 Å². The number of carboxylic acids is 1. The number of rotatable bonds is 6. The smallest absolute Gasteiger partial charge is 0.545 e. The number of aliphatic carboxylic acids is 1. The molecular formula is C9H12F2KNO3. The normalized spacial score (nSPS) is 10.9. The van der Waals surface area contributed by atoms with E-state index >= 15 is 0 Å². The molecule has 0 saturated carbocycles. The quantitative estimate of drug-likeness (QED) is 0.218. The van der Waals surface area contributed by atoms with Crippen LogP contribution >= 0.6 is 0 Å². The van der Waals surface area contributed by atoms with Crippen LogP contribution in [0.15, 0.2) is 11.8 Å². The second-order valence-electron chi connectivity index (χ2n) is 2.72. The van der Waals surface area contributed by atoms with Gasteiger partial charge in [0, 0.05) is 19.3 Å². The van der Waals surface area contributed by atoms with Crippen molar-refractivity contribution in [1.82, 2.24) is 4.90 Å². The number of carbonyl (C=O) groups is 2. The summed E-state index contributed by atoms with van der Waals surface area (Å²) in [4.78, 5) is 22.7. The van der Waals surface area contributed by atoms with Gasteiger partial charge in [-0.3, -0.25) is 4.79 Å². The monoisotopic (exact) mass is 259 g/mol. The van der Waals surface area contributed by atoms with Gasteiger partial charge in [0.15, 0.2) is 0 Å². The molecule has 7 heteroatoms. The summed E-state index contributed by atoms with van der Waals surface area (Å²) in [5.41, 5.74) is -0.992. The molecule has 0 N–H and O–H groups in total. The minimum Gasteiger partial charge on any atom is -0.545 e. The van der Waals surface area contributed by atoms with Gasteiger partial charge in [-0.05, 0) is 13.8 Å². The van der Waals surface area contributed by atoms with Crippen LogP contribution in [0.1, 0.15) is 13.8 Å². The van der Waals surface area contributed by atoms with Crippen molar-refractivity contribution >= 4 is 11.8 Å². The Morgan fingerprint density at radius 1 is 1.31 bits per heavy atom. The van der Waals surface area contributed by atoms with Crippen molar-refractivity contribution in [1.29, 1.82) is 0 Å². The molecule has 0 fully saturated rings. The van der Waals surface area contributed by atoms with Crippen molar-refractivity contribution < 1.29 is 74.9 Å². The fourth-order valence-electron chi connectivity index (χ4n) is 0.923. The first kappa shape index (κ1) is 18.5. The van der Waals surface area contributed by atoms with Crippen LogP contribution in [0.5, 0.6) is 0 Å². The number of alkyl halides is 2. The predicted molar refractivity (Wildman–Crippen MR) is 47.0 cm³/mol. The molecule has 0 aliphatic carbocycles. The van der Waals surface area contributed by atoms with Crippen LogP contribution in [0.2, 0.25) is 0 Å². The van der Waals surface area contributed by atoms with Crippen molar-refractivity contribution in [3.05, 3.63) is 11.8 Å². The van der Waals surface area contributed by atoms with Gasteiger partial charge in [0.25, 0.3) is 0 Å². The molecule has 0 aromatic rings. The Bertz CT molecular complexity index is 278. The summed E-state index contributed by atoms with van der Waals surface area (Å²) >= 11 is 0. The zero-order valence-corrected chi connectivity index (χ0v) is 12.6.